The first-order valence-corrected chi connectivity index (χ1v) is 8.84. The summed E-state index contributed by atoms with van der Waals surface area (Å²) in [6.07, 6.45) is 0.994. The molecule has 0 saturated carbocycles. The van der Waals surface area contributed by atoms with E-state index < -0.39 is 0 Å². The van der Waals surface area contributed by atoms with E-state index in [9.17, 15) is 0 Å². The fraction of sp³-hybridized carbons (Fsp3) is 0.333. The quantitative estimate of drug-likeness (QED) is 0.664. The molecule has 0 saturated heterocycles. The first kappa shape index (κ1) is 16.7. The van der Waals surface area contributed by atoms with Crippen LogP contribution in [0.3, 0.4) is 0 Å². The standard InChI is InChI=1S/C18H21Br2N/c1-4-21-17(11-14-6-5-7-16(19)10-14)15-8-12(2)18(20)13(3)9-15/h5-10,17,21H,4,11H2,1-3H3. The highest BCUT2D eigenvalue weighted by Crippen LogP contribution is 2.27. The van der Waals surface area contributed by atoms with Gasteiger partial charge >= 0.3 is 0 Å². The lowest BCUT2D eigenvalue weighted by Crippen LogP contribution is -2.23. The maximum absolute atomic E-state index is 3.65. The van der Waals surface area contributed by atoms with Crippen molar-refractivity contribution in [3.05, 3.63) is 67.6 Å². The molecule has 3 heteroatoms. The van der Waals surface area contributed by atoms with Gasteiger partial charge < -0.3 is 5.32 Å². The predicted molar refractivity (Wildman–Crippen MR) is 97.9 cm³/mol. The molecule has 2 rings (SSSR count). The van der Waals surface area contributed by atoms with Crippen molar-refractivity contribution >= 4 is 31.9 Å². The molecule has 0 aliphatic rings. The minimum Gasteiger partial charge on any atom is -0.310 e. The van der Waals surface area contributed by atoms with E-state index >= 15 is 0 Å². The summed E-state index contributed by atoms with van der Waals surface area (Å²) in [6, 6.07) is 13.5. The number of aryl methyl sites for hydroxylation is 2. The molecule has 0 heterocycles. The maximum Gasteiger partial charge on any atom is 0.0360 e. The summed E-state index contributed by atoms with van der Waals surface area (Å²) >= 11 is 7.20. The Kier molecular flexibility index (Phi) is 6.03. The van der Waals surface area contributed by atoms with Crippen LogP contribution >= 0.6 is 31.9 Å². The van der Waals surface area contributed by atoms with Crippen molar-refractivity contribution in [1.29, 1.82) is 0 Å². The van der Waals surface area contributed by atoms with Gasteiger partial charge in [0.25, 0.3) is 0 Å². The summed E-state index contributed by atoms with van der Waals surface area (Å²) in [5.41, 5.74) is 5.29. The molecule has 0 amide bonds. The third-order valence-electron chi connectivity index (χ3n) is 3.64. The van der Waals surface area contributed by atoms with Gasteiger partial charge in [-0.2, -0.15) is 0 Å². The van der Waals surface area contributed by atoms with E-state index in [4.69, 9.17) is 0 Å². The minimum absolute atomic E-state index is 0.342. The van der Waals surface area contributed by atoms with E-state index in [0.717, 1.165) is 17.4 Å². The zero-order chi connectivity index (χ0) is 15.4. The molecule has 0 fully saturated rings. The predicted octanol–water partition coefficient (Wildman–Crippen LogP) is 5.72. The Hall–Kier alpha value is -0.640. The Bertz CT molecular complexity index is 599. The van der Waals surface area contributed by atoms with Crippen LogP contribution in [0.4, 0.5) is 0 Å². The van der Waals surface area contributed by atoms with E-state index in [0.29, 0.717) is 6.04 Å². The lowest BCUT2D eigenvalue weighted by Gasteiger charge is -2.20. The lowest BCUT2D eigenvalue weighted by atomic mass is 9.96. The van der Waals surface area contributed by atoms with Crippen molar-refractivity contribution in [2.75, 3.05) is 6.54 Å². The third kappa shape index (κ3) is 4.41. The molecule has 0 aliphatic heterocycles. The molecule has 1 unspecified atom stereocenters. The molecule has 0 aliphatic carbocycles. The van der Waals surface area contributed by atoms with Crippen molar-refractivity contribution in [3.8, 4) is 0 Å². The van der Waals surface area contributed by atoms with Crippen molar-refractivity contribution in [1.82, 2.24) is 5.32 Å². The van der Waals surface area contributed by atoms with Crippen LogP contribution in [0.1, 0.15) is 35.2 Å². The summed E-state index contributed by atoms with van der Waals surface area (Å²) < 4.78 is 2.35. The molecule has 21 heavy (non-hydrogen) atoms. The van der Waals surface area contributed by atoms with Crippen LogP contribution in [0.25, 0.3) is 0 Å². The number of likely N-dealkylation sites (N-methyl/N-ethyl adjacent to an activating group) is 1. The van der Waals surface area contributed by atoms with Gasteiger partial charge in [0, 0.05) is 15.0 Å². The normalized spacial score (nSPS) is 12.4. The number of halogens is 2. The van der Waals surface area contributed by atoms with Crippen LogP contribution in [-0.2, 0) is 6.42 Å². The molecule has 0 radical (unpaired) electrons. The van der Waals surface area contributed by atoms with E-state index in [1.165, 1.54) is 26.7 Å². The van der Waals surface area contributed by atoms with Gasteiger partial charge in [0.1, 0.15) is 0 Å². The molecule has 0 bridgehead atoms. The average molecular weight is 411 g/mol. The second kappa shape index (κ2) is 7.57. The SMILES string of the molecule is CCNC(Cc1cccc(Br)c1)c1cc(C)c(Br)c(C)c1. The molecule has 112 valence electrons. The number of rotatable bonds is 5. The van der Waals surface area contributed by atoms with Gasteiger partial charge in [0.2, 0.25) is 0 Å². The van der Waals surface area contributed by atoms with Gasteiger partial charge in [-0.3, -0.25) is 0 Å². The number of hydrogen-bond donors (Lipinski definition) is 1. The molecule has 2 aromatic carbocycles. The van der Waals surface area contributed by atoms with E-state index in [1.807, 2.05) is 0 Å². The topological polar surface area (TPSA) is 12.0 Å². The highest BCUT2D eigenvalue weighted by molar-refractivity contribution is 9.10. The Balaban J connectivity index is 2.30. The average Bonchev–Trinajstić information content (AvgIpc) is 2.44. The van der Waals surface area contributed by atoms with Crippen molar-refractivity contribution in [3.63, 3.8) is 0 Å². The van der Waals surface area contributed by atoms with Crippen molar-refractivity contribution in [2.45, 2.75) is 33.2 Å². The van der Waals surface area contributed by atoms with Gasteiger partial charge in [-0.1, -0.05) is 63.0 Å². The van der Waals surface area contributed by atoms with Gasteiger partial charge in [0.15, 0.2) is 0 Å². The van der Waals surface area contributed by atoms with Crippen LogP contribution in [-0.4, -0.2) is 6.54 Å². The molecule has 0 spiro atoms. The monoisotopic (exact) mass is 409 g/mol. The maximum atomic E-state index is 3.65. The Morgan fingerprint density at radius 1 is 1.05 bits per heavy atom. The first-order chi connectivity index (χ1) is 10.0. The van der Waals surface area contributed by atoms with Crippen molar-refractivity contribution in [2.24, 2.45) is 0 Å². The highest BCUT2D eigenvalue weighted by Gasteiger charge is 2.13. The van der Waals surface area contributed by atoms with Gasteiger partial charge in [-0.05, 0) is 61.2 Å². The second-order valence-electron chi connectivity index (χ2n) is 5.41. The van der Waals surface area contributed by atoms with Gasteiger partial charge in [-0.25, -0.2) is 0 Å². The number of benzene rings is 2. The van der Waals surface area contributed by atoms with Crippen LogP contribution in [0.2, 0.25) is 0 Å². The second-order valence-corrected chi connectivity index (χ2v) is 7.12. The third-order valence-corrected chi connectivity index (χ3v) is 5.38. The zero-order valence-electron chi connectivity index (χ0n) is 12.7. The Morgan fingerprint density at radius 2 is 1.71 bits per heavy atom. The Morgan fingerprint density at radius 3 is 2.29 bits per heavy atom. The minimum atomic E-state index is 0.342. The summed E-state index contributed by atoms with van der Waals surface area (Å²) in [5.74, 6) is 0. The molecule has 1 atom stereocenters. The summed E-state index contributed by atoms with van der Waals surface area (Å²) in [7, 11) is 0. The Labute approximate surface area is 144 Å². The molecular formula is C18H21Br2N. The van der Waals surface area contributed by atoms with Crippen molar-refractivity contribution < 1.29 is 0 Å². The van der Waals surface area contributed by atoms with Crippen LogP contribution in [0, 0.1) is 13.8 Å². The molecule has 0 aromatic heterocycles. The van der Waals surface area contributed by atoms with E-state index in [1.54, 1.807) is 0 Å². The molecule has 2 aromatic rings. The zero-order valence-corrected chi connectivity index (χ0v) is 15.9. The van der Waals surface area contributed by atoms with Crippen LogP contribution in [0.5, 0.6) is 0 Å². The molecular weight excluding hydrogens is 390 g/mol. The van der Waals surface area contributed by atoms with Crippen LogP contribution in [0.15, 0.2) is 45.3 Å². The largest absolute Gasteiger partial charge is 0.310 e. The van der Waals surface area contributed by atoms with Gasteiger partial charge in [-0.15, -0.1) is 0 Å². The summed E-state index contributed by atoms with van der Waals surface area (Å²) in [4.78, 5) is 0. The lowest BCUT2D eigenvalue weighted by molar-refractivity contribution is 0.549. The molecule has 1 nitrogen and oxygen atoms in total. The summed E-state index contributed by atoms with van der Waals surface area (Å²) in [6.45, 7) is 7.44. The van der Waals surface area contributed by atoms with Gasteiger partial charge in [0.05, 0.1) is 0 Å². The van der Waals surface area contributed by atoms with E-state index in [2.05, 4.69) is 94.3 Å². The fourth-order valence-corrected chi connectivity index (χ4v) is 3.31. The van der Waals surface area contributed by atoms with Crippen LogP contribution < -0.4 is 5.32 Å². The molecule has 1 N–H and O–H groups in total. The van der Waals surface area contributed by atoms with E-state index in [-0.39, 0.29) is 0 Å². The fourth-order valence-electron chi connectivity index (χ4n) is 2.63. The summed E-state index contributed by atoms with van der Waals surface area (Å²) in [5, 5.41) is 3.61. The first-order valence-electron chi connectivity index (χ1n) is 7.25. The number of hydrogen-bond acceptors (Lipinski definition) is 1. The number of nitrogens with one attached hydrogen (secondary N) is 1. The highest BCUT2D eigenvalue weighted by atomic mass is 79.9. The smallest absolute Gasteiger partial charge is 0.0360 e.